The van der Waals surface area contributed by atoms with Crippen LogP contribution in [-0.4, -0.2) is 29.1 Å². The number of aliphatic carboxylic acids is 1. The maximum atomic E-state index is 13.9. The number of ether oxygens (including phenoxy) is 1. The Morgan fingerprint density at radius 2 is 2.08 bits per heavy atom. The molecule has 0 unspecified atom stereocenters. The van der Waals surface area contributed by atoms with Crippen molar-refractivity contribution in [3.05, 3.63) is 64.4 Å². The summed E-state index contributed by atoms with van der Waals surface area (Å²) in [5, 5.41) is 9.58. The Kier molecular flexibility index (Phi) is 6.12. The maximum absolute atomic E-state index is 13.9. The summed E-state index contributed by atoms with van der Waals surface area (Å²) in [4.78, 5) is 13.4. The first-order valence-corrected chi connectivity index (χ1v) is 9.01. The van der Waals surface area contributed by atoms with Crippen molar-refractivity contribution in [3.8, 4) is 5.75 Å². The van der Waals surface area contributed by atoms with Crippen LogP contribution in [0.15, 0.2) is 42.5 Å². The minimum Gasteiger partial charge on any atom is -0.488 e. The molecule has 1 saturated heterocycles. The number of nitrogens with zero attached hydrogens (tertiary/aromatic N) is 1. The van der Waals surface area contributed by atoms with Gasteiger partial charge in [-0.1, -0.05) is 35.9 Å². The minimum atomic E-state index is -0.742. The molecule has 26 heavy (non-hydrogen) atoms. The van der Waals surface area contributed by atoms with E-state index in [9.17, 15) is 14.3 Å². The van der Waals surface area contributed by atoms with Crippen molar-refractivity contribution in [2.45, 2.75) is 26.0 Å². The van der Waals surface area contributed by atoms with E-state index in [2.05, 4.69) is 4.90 Å². The van der Waals surface area contributed by atoms with Gasteiger partial charge in [0.05, 0.1) is 10.9 Å². The Labute approximate surface area is 157 Å². The molecule has 1 aliphatic heterocycles. The molecule has 4 nitrogen and oxygen atoms in total. The van der Waals surface area contributed by atoms with E-state index in [0.29, 0.717) is 29.4 Å². The van der Waals surface area contributed by atoms with E-state index in [4.69, 9.17) is 16.3 Å². The highest BCUT2D eigenvalue weighted by Gasteiger charge is 2.25. The van der Waals surface area contributed by atoms with Gasteiger partial charge < -0.3 is 9.84 Å². The number of hydrogen-bond donors (Lipinski definition) is 1. The van der Waals surface area contributed by atoms with E-state index in [1.54, 1.807) is 12.1 Å². The van der Waals surface area contributed by atoms with Gasteiger partial charge in [-0.05, 0) is 37.6 Å². The first kappa shape index (κ1) is 18.7. The van der Waals surface area contributed by atoms with Gasteiger partial charge in [-0.25, -0.2) is 4.39 Å². The number of carboxylic acid groups (broad SMARTS) is 1. The fourth-order valence-corrected chi connectivity index (χ4v) is 3.45. The molecule has 6 heteroatoms. The van der Waals surface area contributed by atoms with E-state index in [-0.39, 0.29) is 12.5 Å². The van der Waals surface area contributed by atoms with Gasteiger partial charge >= 0.3 is 5.97 Å². The molecule has 1 fully saturated rings. The molecule has 0 aliphatic carbocycles. The quantitative estimate of drug-likeness (QED) is 0.812. The van der Waals surface area contributed by atoms with Crippen LogP contribution in [-0.2, 0) is 17.9 Å². The number of benzene rings is 2. The van der Waals surface area contributed by atoms with E-state index in [1.165, 1.54) is 6.07 Å². The van der Waals surface area contributed by atoms with Gasteiger partial charge in [0.25, 0.3) is 0 Å². The fraction of sp³-hybridized carbons (Fsp3) is 0.350. The molecule has 0 radical (unpaired) electrons. The lowest BCUT2D eigenvalue weighted by Crippen LogP contribution is -2.38. The summed E-state index contributed by atoms with van der Waals surface area (Å²) in [6, 6.07) is 12.1. The Hall–Kier alpha value is -2.11. The van der Waals surface area contributed by atoms with Gasteiger partial charge in [0.1, 0.15) is 18.2 Å². The molecular weight excluding hydrogens is 357 g/mol. The smallest absolute Gasteiger partial charge is 0.307 e. The molecule has 138 valence electrons. The number of carboxylic acids is 1. The van der Waals surface area contributed by atoms with Crippen LogP contribution in [0.3, 0.4) is 0 Å². The van der Waals surface area contributed by atoms with Gasteiger partial charge in [-0.15, -0.1) is 0 Å². The molecule has 1 heterocycles. The van der Waals surface area contributed by atoms with Gasteiger partial charge in [-0.3, -0.25) is 9.69 Å². The highest BCUT2D eigenvalue weighted by Crippen LogP contribution is 2.26. The number of halogens is 2. The third-order valence-electron chi connectivity index (χ3n) is 4.66. The molecular formula is C20H21ClFNO3. The summed E-state index contributed by atoms with van der Waals surface area (Å²) < 4.78 is 19.8. The van der Waals surface area contributed by atoms with E-state index in [1.807, 2.05) is 24.3 Å². The van der Waals surface area contributed by atoms with Crippen LogP contribution >= 0.6 is 11.6 Å². The third-order valence-corrected chi connectivity index (χ3v) is 5.01. The molecule has 0 aromatic heterocycles. The SMILES string of the molecule is O=C(O)[C@H]1CCCN(Cc2ccccc2OCc2c(F)cccc2Cl)C1. The monoisotopic (exact) mass is 377 g/mol. The molecule has 2 aromatic rings. The first-order chi connectivity index (χ1) is 12.5. The van der Waals surface area contributed by atoms with Crippen molar-refractivity contribution in [2.24, 2.45) is 5.92 Å². The molecule has 0 bridgehead atoms. The van der Waals surface area contributed by atoms with Crippen LogP contribution < -0.4 is 4.74 Å². The molecule has 1 atom stereocenters. The zero-order valence-corrected chi connectivity index (χ0v) is 15.1. The summed E-state index contributed by atoms with van der Waals surface area (Å²) >= 11 is 6.05. The van der Waals surface area contributed by atoms with Crippen LogP contribution in [0.1, 0.15) is 24.0 Å². The molecule has 1 aliphatic rings. The zero-order chi connectivity index (χ0) is 18.5. The maximum Gasteiger partial charge on any atom is 0.307 e. The normalized spacial score (nSPS) is 17.8. The first-order valence-electron chi connectivity index (χ1n) is 8.63. The largest absolute Gasteiger partial charge is 0.488 e. The standard InChI is InChI=1S/C20H21ClFNO3/c21-17-7-3-8-18(22)16(17)13-26-19-9-2-1-5-14(19)11-23-10-4-6-15(12-23)20(24)25/h1-3,5,7-9,15H,4,6,10-13H2,(H,24,25)/t15-/m0/s1. The number of piperidine rings is 1. The van der Waals surface area contributed by atoms with Crippen LogP contribution in [0.5, 0.6) is 5.75 Å². The Balaban J connectivity index is 1.69. The Morgan fingerprint density at radius 3 is 2.85 bits per heavy atom. The summed E-state index contributed by atoms with van der Waals surface area (Å²) in [7, 11) is 0. The highest BCUT2D eigenvalue weighted by molar-refractivity contribution is 6.31. The average molecular weight is 378 g/mol. The van der Waals surface area contributed by atoms with Crippen LogP contribution in [0.2, 0.25) is 5.02 Å². The lowest BCUT2D eigenvalue weighted by molar-refractivity contribution is -0.143. The number of rotatable bonds is 6. The molecule has 3 rings (SSSR count). The van der Waals surface area contributed by atoms with Gasteiger partial charge in [0.2, 0.25) is 0 Å². The second-order valence-corrected chi connectivity index (χ2v) is 6.92. The Morgan fingerprint density at radius 1 is 1.27 bits per heavy atom. The van der Waals surface area contributed by atoms with Crippen LogP contribution in [0.25, 0.3) is 0 Å². The lowest BCUT2D eigenvalue weighted by Gasteiger charge is -2.31. The van der Waals surface area contributed by atoms with E-state index >= 15 is 0 Å². The predicted molar refractivity (Wildman–Crippen MR) is 97.8 cm³/mol. The zero-order valence-electron chi connectivity index (χ0n) is 14.3. The second kappa shape index (κ2) is 8.52. The number of carbonyl (C=O) groups is 1. The number of hydrogen-bond acceptors (Lipinski definition) is 3. The van der Waals surface area contributed by atoms with Crippen LogP contribution in [0, 0.1) is 11.7 Å². The number of para-hydroxylation sites is 1. The summed E-state index contributed by atoms with van der Waals surface area (Å²) in [6.07, 6.45) is 1.58. The second-order valence-electron chi connectivity index (χ2n) is 6.51. The van der Waals surface area contributed by atoms with Crippen molar-refractivity contribution >= 4 is 17.6 Å². The van der Waals surface area contributed by atoms with Gasteiger partial charge in [-0.2, -0.15) is 0 Å². The molecule has 0 saturated carbocycles. The van der Waals surface area contributed by atoms with Gasteiger partial charge in [0.15, 0.2) is 0 Å². The molecule has 0 spiro atoms. The fourth-order valence-electron chi connectivity index (χ4n) is 3.24. The average Bonchev–Trinajstić information content (AvgIpc) is 2.63. The van der Waals surface area contributed by atoms with Gasteiger partial charge in [0, 0.05) is 24.2 Å². The van der Waals surface area contributed by atoms with Crippen LogP contribution in [0.4, 0.5) is 4.39 Å². The summed E-state index contributed by atoms with van der Waals surface area (Å²) in [5.74, 6) is -0.804. The summed E-state index contributed by atoms with van der Waals surface area (Å²) in [6.45, 7) is 2.03. The highest BCUT2D eigenvalue weighted by atomic mass is 35.5. The third kappa shape index (κ3) is 4.54. The van der Waals surface area contributed by atoms with E-state index < -0.39 is 11.8 Å². The lowest BCUT2D eigenvalue weighted by atomic mass is 9.98. The molecule has 2 aromatic carbocycles. The van der Waals surface area contributed by atoms with Crippen molar-refractivity contribution < 1.29 is 19.0 Å². The van der Waals surface area contributed by atoms with Crippen molar-refractivity contribution in [1.82, 2.24) is 4.90 Å². The molecule has 1 N–H and O–H groups in total. The van der Waals surface area contributed by atoms with Crippen molar-refractivity contribution in [3.63, 3.8) is 0 Å². The number of likely N-dealkylation sites (tertiary alicyclic amines) is 1. The Bertz CT molecular complexity index is 763. The molecule has 0 amide bonds. The minimum absolute atomic E-state index is 0.0419. The predicted octanol–water partition coefficient (Wildman–Crippen LogP) is 4.35. The van der Waals surface area contributed by atoms with Crippen molar-refractivity contribution in [2.75, 3.05) is 13.1 Å². The van der Waals surface area contributed by atoms with E-state index in [0.717, 1.165) is 24.9 Å². The summed E-state index contributed by atoms with van der Waals surface area (Å²) in [5.41, 5.74) is 1.28. The topological polar surface area (TPSA) is 49.8 Å². The van der Waals surface area contributed by atoms with Crippen molar-refractivity contribution in [1.29, 1.82) is 0 Å².